The van der Waals surface area contributed by atoms with Gasteiger partial charge in [-0.15, -0.1) is 5.10 Å². The lowest BCUT2D eigenvalue weighted by Crippen LogP contribution is -2.60. The molecule has 12 heteroatoms. The molecule has 0 aliphatic carbocycles. The van der Waals surface area contributed by atoms with Gasteiger partial charge in [0.25, 0.3) is 5.91 Å². The maximum atomic E-state index is 12.6. The standard InChI is InChI=1S/C30H38N4O8/c1-18(8-6-7-15-34-16-23(32-33-34)22(17-35)19-9-4-3-5-10-19)27(41-2)20-11-13-21(14-12-20)31-29(39)28-25(37)24(36)26(38)30(40)42-28/h3-6,8-14,16,18,22,24-28,30,35-38,40H,7,15,17H2,1-2H3,(H,31,39)/b8-6+/t18-,22?,24-,25-,26+,27+,28-,30+/m0/s1. The zero-order valence-corrected chi connectivity index (χ0v) is 23.5. The second-order valence-electron chi connectivity index (χ2n) is 10.3. The Hall–Kier alpha value is -3.49. The molecule has 42 heavy (non-hydrogen) atoms. The van der Waals surface area contributed by atoms with Gasteiger partial charge < -0.3 is 40.3 Å². The van der Waals surface area contributed by atoms with Crippen LogP contribution in [0.25, 0.3) is 0 Å². The Morgan fingerprint density at radius 1 is 1.05 bits per heavy atom. The van der Waals surface area contributed by atoms with Gasteiger partial charge >= 0.3 is 0 Å². The van der Waals surface area contributed by atoms with Crippen molar-refractivity contribution in [1.29, 1.82) is 0 Å². The van der Waals surface area contributed by atoms with Crippen molar-refractivity contribution in [2.24, 2.45) is 5.92 Å². The Labute approximate surface area is 243 Å². The molecular weight excluding hydrogens is 544 g/mol. The quantitative estimate of drug-likeness (QED) is 0.169. The molecular formula is C30H38N4O8. The number of aromatic nitrogens is 3. The Bertz CT molecular complexity index is 1300. The minimum atomic E-state index is -1.80. The molecule has 2 aromatic carbocycles. The van der Waals surface area contributed by atoms with E-state index in [9.17, 15) is 30.3 Å². The second kappa shape index (κ2) is 14.6. The van der Waals surface area contributed by atoms with Gasteiger partial charge in [-0.05, 0) is 29.7 Å². The van der Waals surface area contributed by atoms with Gasteiger partial charge in [0, 0.05) is 31.5 Å². The molecule has 1 saturated heterocycles. The number of rotatable bonds is 12. The number of anilines is 1. The van der Waals surface area contributed by atoms with Crippen molar-refractivity contribution in [1.82, 2.24) is 15.0 Å². The fourth-order valence-corrected chi connectivity index (χ4v) is 4.96. The topological polar surface area (TPSA) is 179 Å². The average Bonchev–Trinajstić information content (AvgIpc) is 3.46. The van der Waals surface area contributed by atoms with Crippen molar-refractivity contribution >= 4 is 11.6 Å². The van der Waals surface area contributed by atoms with Gasteiger partial charge in [-0.3, -0.25) is 9.48 Å². The van der Waals surface area contributed by atoms with Gasteiger partial charge in [0.1, 0.15) is 18.3 Å². The number of hydrogen-bond acceptors (Lipinski definition) is 10. The second-order valence-corrected chi connectivity index (χ2v) is 10.3. The first kappa shape index (κ1) is 31.4. The SMILES string of the molecule is CO[C@@H](c1ccc(NC(=O)[C@H]2O[C@@H](O)[C@H](O)[C@@H](O)[C@@H]2O)cc1)[C@@H](C)/C=C/CCn1cc(C(CO)c2ccccc2)nn1. The number of aliphatic hydroxyl groups is 5. The predicted octanol–water partition coefficient (Wildman–Crippen LogP) is 1.11. The predicted molar refractivity (Wildman–Crippen MR) is 152 cm³/mol. The molecule has 2 heterocycles. The first-order valence-electron chi connectivity index (χ1n) is 13.8. The molecule has 0 saturated carbocycles. The van der Waals surface area contributed by atoms with E-state index >= 15 is 0 Å². The van der Waals surface area contributed by atoms with Gasteiger partial charge in [-0.1, -0.05) is 66.8 Å². The van der Waals surface area contributed by atoms with Crippen LogP contribution in [-0.2, 0) is 20.8 Å². The number of aryl methyl sites for hydroxylation is 1. The molecule has 1 fully saturated rings. The van der Waals surface area contributed by atoms with E-state index in [0.29, 0.717) is 12.2 Å². The van der Waals surface area contributed by atoms with Crippen molar-refractivity contribution in [3.8, 4) is 0 Å². The number of aliphatic hydroxyl groups excluding tert-OH is 5. The lowest BCUT2D eigenvalue weighted by Gasteiger charge is -2.37. The van der Waals surface area contributed by atoms with Gasteiger partial charge in [0.2, 0.25) is 0 Å². The summed E-state index contributed by atoms with van der Waals surface area (Å²) in [6.07, 6.45) is -2.05. The summed E-state index contributed by atoms with van der Waals surface area (Å²) in [5, 5.41) is 60.1. The first-order valence-corrected chi connectivity index (χ1v) is 13.8. The van der Waals surface area contributed by atoms with E-state index in [1.165, 1.54) is 0 Å². The number of ether oxygens (including phenoxy) is 2. The summed E-state index contributed by atoms with van der Waals surface area (Å²) in [5.41, 5.74) is 3.00. The van der Waals surface area contributed by atoms with Crippen LogP contribution in [0.15, 0.2) is 72.9 Å². The van der Waals surface area contributed by atoms with Crippen LogP contribution in [0.5, 0.6) is 0 Å². The van der Waals surface area contributed by atoms with Crippen LogP contribution in [-0.4, -0.2) is 90.9 Å². The highest BCUT2D eigenvalue weighted by atomic mass is 16.6. The fourth-order valence-electron chi connectivity index (χ4n) is 4.96. The fraction of sp³-hybridized carbons (Fsp3) is 0.433. The molecule has 12 nitrogen and oxygen atoms in total. The van der Waals surface area contributed by atoms with Gasteiger partial charge in [0.15, 0.2) is 12.4 Å². The molecule has 4 rings (SSSR count). The monoisotopic (exact) mass is 582 g/mol. The van der Waals surface area contributed by atoms with E-state index in [1.807, 2.05) is 43.5 Å². The van der Waals surface area contributed by atoms with Gasteiger partial charge in [-0.2, -0.15) is 0 Å². The Morgan fingerprint density at radius 2 is 1.76 bits per heavy atom. The maximum Gasteiger partial charge on any atom is 0.256 e. The van der Waals surface area contributed by atoms with Crippen molar-refractivity contribution in [3.05, 3.63) is 89.8 Å². The zero-order chi connectivity index (χ0) is 30.2. The molecule has 226 valence electrons. The Kier molecular flexibility index (Phi) is 10.9. The molecule has 1 aromatic heterocycles. The number of hydrogen-bond donors (Lipinski definition) is 6. The van der Waals surface area contributed by atoms with E-state index in [-0.39, 0.29) is 24.5 Å². The van der Waals surface area contributed by atoms with Crippen LogP contribution in [0.2, 0.25) is 0 Å². The molecule has 0 spiro atoms. The summed E-state index contributed by atoms with van der Waals surface area (Å²) in [6, 6.07) is 16.7. The van der Waals surface area contributed by atoms with Crippen LogP contribution in [0, 0.1) is 5.92 Å². The highest BCUT2D eigenvalue weighted by molar-refractivity contribution is 5.94. The number of nitrogens with zero attached hydrogens (tertiary/aromatic N) is 3. The third-order valence-corrected chi connectivity index (χ3v) is 7.35. The number of carbonyl (C=O) groups excluding carboxylic acids is 1. The number of carbonyl (C=O) groups is 1. The summed E-state index contributed by atoms with van der Waals surface area (Å²) in [5.74, 6) is -0.968. The summed E-state index contributed by atoms with van der Waals surface area (Å²) in [4.78, 5) is 12.6. The number of allylic oxidation sites excluding steroid dienone is 1. The maximum absolute atomic E-state index is 12.6. The smallest absolute Gasteiger partial charge is 0.256 e. The highest BCUT2D eigenvalue weighted by Gasteiger charge is 2.46. The normalized spacial score (nSPS) is 24.8. The minimum absolute atomic E-state index is 0.0267. The van der Waals surface area contributed by atoms with Crippen molar-refractivity contribution in [3.63, 3.8) is 0 Å². The third kappa shape index (κ3) is 7.47. The molecule has 1 unspecified atom stereocenters. The number of benzene rings is 2. The van der Waals surface area contributed by atoms with E-state index < -0.39 is 36.6 Å². The highest BCUT2D eigenvalue weighted by Crippen LogP contribution is 2.28. The number of methoxy groups -OCH3 is 1. The van der Waals surface area contributed by atoms with Crippen LogP contribution in [0.1, 0.15) is 42.2 Å². The third-order valence-electron chi connectivity index (χ3n) is 7.35. The summed E-state index contributed by atoms with van der Waals surface area (Å²) < 4.78 is 12.5. The van der Waals surface area contributed by atoms with Crippen molar-refractivity contribution < 1.29 is 39.8 Å². The van der Waals surface area contributed by atoms with Crippen LogP contribution >= 0.6 is 0 Å². The van der Waals surface area contributed by atoms with Gasteiger partial charge in [0.05, 0.1) is 24.3 Å². The van der Waals surface area contributed by atoms with Gasteiger partial charge in [-0.25, -0.2) is 0 Å². The number of amides is 1. The lowest BCUT2D eigenvalue weighted by atomic mass is 9.96. The summed E-state index contributed by atoms with van der Waals surface area (Å²) in [6.45, 7) is 2.61. The Morgan fingerprint density at radius 3 is 2.43 bits per heavy atom. The lowest BCUT2D eigenvalue weighted by molar-refractivity contribution is -0.274. The van der Waals surface area contributed by atoms with Crippen LogP contribution in [0.3, 0.4) is 0 Å². The molecule has 0 bridgehead atoms. The molecule has 6 N–H and O–H groups in total. The average molecular weight is 583 g/mol. The summed E-state index contributed by atoms with van der Waals surface area (Å²) in [7, 11) is 1.62. The minimum Gasteiger partial charge on any atom is -0.395 e. The summed E-state index contributed by atoms with van der Waals surface area (Å²) >= 11 is 0. The molecule has 3 aromatic rings. The van der Waals surface area contributed by atoms with E-state index in [0.717, 1.165) is 23.2 Å². The molecule has 0 radical (unpaired) electrons. The first-order chi connectivity index (χ1) is 20.2. The molecule has 1 aliphatic rings. The van der Waals surface area contributed by atoms with Crippen molar-refractivity contribution in [2.45, 2.75) is 62.6 Å². The largest absolute Gasteiger partial charge is 0.395 e. The number of nitrogens with one attached hydrogen (secondary N) is 1. The van der Waals surface area contributed by atoms with E-state index in [1.54, 1.807) is 36.1 Å². The molecule has 8 atom stereocenters. The van der Waals surface area contributed by atoms with Crippen LogP contribution < -0.4 is 5.32 Å². The van der Waals surface area contributed by atoms with Crippen LogP contribution in [0.4, 0.5) is 5.69 Å². The zero-order valence-electron chi connectivity index (χ0n) is 23.5. The van der Waals surface area contributed by atoms with Crippen molar-refractivity contribution in [2.75, 3.05) is 19.0 Å². The molecule has 1 aliphatic heterocycles. The molecule has 1 amide bonds. The Balaban J connectivity index is 1.29. The van der Waals surface area contributed by atoms with E-state index in [4.69, 9.17) is 9.47 Å². The van der Waals surface area contributed by atoms with E-state index in [2.05, 4.69) is 27.8 Å².